The smallest absolute Gasteiger partial charge is 0.118 e. The SMILES string of the molecule is C=COC=C.CCCCCCCCc1ccccc1O.O. The summed E-state index contributed by atoms with van der Waals surface area (Å²) in [6.45, 7) is 8.75. The highest BCUT2D eigenvalue weighted by Gasteiger charge is 1.98. The lowest BCUT2D eigenvalue weighted by molar-refractivity contribution is 0.406. The summed E-state index contributed by atoms with van der Waals surface area (Å²) in [4.78, 5) is 0. The van der Waals surface area contributed by atoms with Crippen molar-refractivity contribution in [1.82, 2.24) is 0 Å². The minimum atomic E-state index is 0. The van der Waals surface area contributed by atoms with Crippen molar-refractivity contribution in [2.24, 2.45) is 0 Å². The fourth-order valence-electron chi connectivity index (χ4n) is 1.89. The van der Waals surface area contributed by atoms with E-state index in [9.17, 15) is 5.11 Å². The van der Waals surface area contributed by atoms with Gasteiger partial charge in [-0.2, -0.15) is 0 Å². The number of aryl methyl sites for hydroxylation is 1. The second-order valence-electron chi connectivity index (χ2n) is 4.62. The Balaban J connectivity index is 0. The van der Waals surface area contributed by atoms with Crippen LogP contribution in [-0.2, 0) is 11.2 Å². The number of phenols is 1. The van der Waals surface area contributed by atoms with E-state index in [1.807, 2.05) is 18.2 Å². The van der Waals surface area contributed by atoms with Gasteiger partial charge in [-0.25, -0.2) is 0 Å². The zero-order valence-corrected chi connectivity index (χ0v) is 13.2. The van der Waals surface area contributed by atoms with Crippen molar-refractivity contribution >= 4 is 0 Å². The van der Waals surface area contributed by atoms with Crippen LogP contribution >= 0.6 is 0 Å². The van der Waals surface area contributed by atoms with Crippen LogP contribution in [0.3, 0.4) is 0 Å². The standard InChI is InChI=1S/C14H22O.C4H6O.H2O/c1-2-3-4-5-6-7-10-13-11-8-9-12-14(13)15;1-3-5-4-2;/h8-9,11-12,15H,2-7,10H2,1H3;3-4H,1-2H2;1H2. The summed E-state index contributed by atoms with van der Waals surface area (Å²) in [6, 6.07) is 7.65. The Morgan fingerprint density at radius 1 is 1.00 bits per heavy atom. The van der Waals surface area contributed by atoms with Crippen molar-refractivity contribution in [2.45, 2.75) is 51.9 Å². The third-order valence-corrected chi connectivity index (χ3v) is 2.98. The molecular weight excluding hydrogens is 264 g/mol. The van der Waals surface area contributed by atoms with Gasteiger partial charge < -0.3 is 15.3 Å². The van der Waals surface area contributed by atoms with Crippen LogP contribution in [0.2, 0.25) is 0 Å². The molecule has 0 bridgehead atoms. The first-order chi connectivity index (χ1) is 9.76. The van der Waals surface area contributed by atoms with Gasteiger partial charge in [0.05, 0.1) is 12.5 Å². The summed E-state index contributed by atoms with van der Waals surface area (Å²) >= 11 is 0. The van der Waals surface area contributed by atoms with Gasteiger partial charge >= 0.3 is 0 Å². The van der Waals surface area contributed by atoms with Gasteiger partial charge in [0.1, 0.15) is 5.75 Å². The van der Waals surface area contributed by atoms with Crippen LogP contribution in [0.5, 0.6) is 5.75 Å². The Labute approximate surface area is 129 Å². The van der Waals surface area contributed by atoms with Gasteiger partial charge in [-0.05, 0) is 24.5 Å². The fourth-order valence-corrected chi connectivity index (χ4v) is 1.89. The van der Waals surface area contributed by atoms with Gasteiger partial charge in [-0.3, -0.25) is 0 Å². The van der Waals surface area contributed by atoms with Gasteiger partial charge in [0.25, 0.3) is 0 Å². The minimum absolute atomic E-state index is 0. The van der Waals surface area contributed by atoms with Gasteiger partial charge in [0, 0.05) is 0 Å². The largest absolute Gasteiger partial charge is 0.508 e. The molecule has 0 unspecified atom stereocenters. The zero-order chi connectivity index (χ0) is 15.1. The summed E-state index contributed by atoms with van der Waals surface area (Å²) in [5.41, 5.74) is 1.09. The van der Waals surface area contributed by atoms with Crippen LogP contribution in [0.4, 0.5) is 0 Å². The van der Waals surface area contributed by atoms with Crippen molar-refractivity contribution < 1.29 is 15.3 Å². The molecule has 1 aromatic carbocycles. The van der Waals surface area contributed by atoms with E-state index in [0.717, 1.165) is 12.0 Å². The number of para-hydroxylation sites is 1. The molecule has 0 amide bonds. The number of unbranched alkanes of at least 4 members (excludes halogenated alkanes) is 5. The van der Waals surface area contributed by atoms with Gasteiger partial charge in [-0.15, -0.1) is 0 Å². The molecule has 0 saturated heterocycles. The van der Waals surface area contributed by atoms with E-state index >= 15 is 0 Å². The molecule has 0 heterocycles. The third kappa shape index (κ3) is 13.0. The molecule has 3 heteroatoms. The maximum atomic E-state index is 9.55. The number of hydrogen-bond donors (Lipinski definition) is 1. The van der Waals surface area contributed by atoms with Crippen molar-refractivity contribution in [1.29, 1.82) is 0 Å². The number of benzene rings is 1. The molecule has 0 aromatic heterocycles. The summed E-state index contributed by atoms with van der Waals surface area (Å²) in [6.07, 6.45) is 11.5. The molecule has 120 valence electrons. The molecule has 0 fully saturated rings. The molecule has 1 aromatic rings. The van der Waals surface area contributed by atoms with Crippen LogP contribution in [-0.4, -0.2) is 10.6 Å². The predicted octanol–water partition coefficient (Wildman–Crippen LogP) is 4.76. The number of aromatic hydroxyl groups is 1. The third-order valence-electron chi connectivity index (χ3n) is 2.98. The lowest BCUT2D eigenvalue weighted by Gasteiger charge is -2.03. The summed E-state index contributed by atoms with van der Waals surface area (Å²) in [5, 5.41) is 9.55. The summed E-state index contributed by atoms with van der Waals surface area (Å²) < 4.78 is 4.36. The first kappa shape index (κ1) is 21.6. The van der Waals surface area contributed by atoms with Crippen molar-refractivity contribution in [3.63, 3.8) is 0 Å². The van der Waals surface area contributed by atoms with Crippen molar-refractivity contribution in [3.05, 3.63) is 55.5 Å². The number of phenolic OH excluding ortho intramolecular Hbond substituents is 1. The maximum absolute atomic E-state index is 9.55. The molecular formula is C18H30O3. The molecule has 1 rings (SSSR count). The first-order valence-corrected chi connectivity index (χ1v) is 7.40. The average molecular weight is 294 g/mol. The highest BCUT2D eigenvalue weighted by atomic mass is 16.5. The molecule has 3 nitrogen and oxygen atoms in total. The Bertz CT molecular complexity index is 355. The van der Waals surface area contributed by atoms with E-state index in [2.05, 4.69) is 24.8 Å². The molecule has 0 spiro atoms. The zero-order valence-electron chi connectivity index (χ0n) is 13.2. The number of hydrogen-bond acceptors (Lipinski definition) is 2. The molecule has 0 atom stereocenters. The van der Waals surface area contributed by atoms with E-state index in [1.165, 1.54) is 51.0 Å². The first-order valence-electron chi connectivity index (χ1n) is 7.40. The Morgan fingerprint density at radius 2 is 1.57 bits per heavy atom. The fraction of sp³-hybridized carbons (Fsp3) is 0.444. The van der Waals surface area contributed by atoms with Gasteiger partial charge in [0.2, 0.25) is 0 Å². The summed E-state index contributed by atoms with van der Waals surface area (Å²) in [5.74, 6) is 0.450. The lowest BCUT2D eigenvalue weighted by atomic mass is 10.0. The second-order valence-corrected chi connectivity index (χ2v) is 4.62. The molecule has 0 aliphatic carbocycles. The maximum Gasteiger partial charge on any atom is 0.118 e. The normalized spacial score (nSPS) is 8.81. The molecule has 0 aliphatic heterocycles. The van der Waals surface area contributed by atoms with Crippen molar-refractivity contribution in [2.75, 3.05) is 0 Å². The molecule has 3 N–H and O–H groups in total. The number of rotatable bonds is 9. The predicted molar refractivity (Wildman–Crippen MR) is 90.3 cm³/mol. The van der Waals surface area contributed by atoms with Crippen LogP contribution in [0.1, 0.15) is 51.0 Å². The summed E-state index contributed by atoms with van der Waals surface area (Å²) in [7, 11) is 0. The van der Waals surface area contributed by atoms with Crippen molar-refractivity contribution in [3.8, 4) is 5.75 Å². The number of ether oxygens (including phenoxy) is 1. The molecule has 21 heavy (non-hydrogen) atoms. The van der Waals surface area contributed by atoms with E-state index in [4.69, 9.17) is 0 Å². The highest BCUT2D eigenvalue weighted by molar-refractivity contribution is 5.31. The molecule has 0 radical (unpaired) electrons. The Kier molecular flexibility index (Phi) is 16.7. The second kappa shape index (κ2) is 16.3. The average Bonchev–Trinajstić information content (AvgIpc) is 2.46. The quantitative estimate of drug-likeness (QED) is 0.527. The minimum Gasteiger partial charge on any atom is -0.508 e. The lowest BCUT2D eigenvalue weighted by Crippen LogP contribution is -1.86. The van der Waals surface area contributed by atoms with Crippen LogP contribution in [0.25, 0.3) is 0 Å². The topological polar surface area (TPSA) is 61.0 Å². The van der Waals surface area contributed by atoms with E-state index < -0.39 is 0 Å². The highest BCUT2D eigenvalue weighted by Crippen LogP contribution is 2.18. The Morgan fingerprint density at radius 3 is 2.10 bits per heavy atom. The van der Waals surface area contributed by atoms with E-state index in [-0.39, 0.29) is 5.48 Å². The van der Waals surface area contributed by atoms with E-state index in [0.29, 0.717) is 5.75 Å². The van der Waals surface area contributed by atoms with E-state index in [1.54, 1.807) is 6.07 Å². The monoisotopic (exact) mass is 294 g/mol. The van der Waals surface area contributed by atoms with Gasteiger partial charge in [0.15, 0.2) is 0 Å². The molecule has 0 aliphatic rings. The molecule has 0 saturated carbocycles. The van der Waals surface area contributed by atoms with Gasteiger partial charge in [-0.1, -0.05) is 70.4 Å². The van der Waals surface area contributed by atoms with Crippen LogP contribution in [0, 0.1) is 0 Å². The van der Waals surface area contributed by atoms with Crippen LogP contribution < -0.4 is 0 Å². The Hall–Kier alpha value is -1.74. The van der Waals surface area contributed by atoms with Crippen LogP contribution in [0.15, 0.2) is 49.9 Å².